The van der Waals surface area contributed by atoms with Gasteiger partial charge in [0, 0.05) is 16.6 Å². The van der Waals surface area contributed by atoms with Crippen LogP contribution < -0.4 is 5.32 Å². The van der Waals surface area contributed by atoms with Crippen molar-refractivity contribution in [2.24, 2.45) is 5.41 Å². The van der Waals surface area contributed by atoms with E-state index in [-0.39, 0.29) is 5.41 Å². The van der Waals surface area contributed by atoms with Gasteiger partial charge in [0.15, 0.2) is 0 Å². The Morgan fingerprint density at radius 2 is 1.43 bits per heavy atom. The molecule has 0 aliphatic rings. The van der Waals surface area contributed by atoms with Gasteiger partial charge < -0.3 is 5.32 Å². The van der Waals surface area contributed by atoms with Crippen molar-refractivity contribution in [3.63, 3.8) is 0 Å². The Bertz CT molecular complexity index is 554. The first kappa shape index (κ1) is 16.3. The van der Waals surface area contributed by atoms with E-state index < -0.39 is 0 Å². The third-order valence-electron chi connectivity index (χ3n) is 3.79. The summed E-state index contributed by atoms with van der Waals surface area (Å²) < 4.78 is 1.12. The third kappa shape index (κ3) is 4.42. The number of nitrogens with one attached hydrogen (secondary N) is 1. The van der Waals surface area contributed by atoms with Crippen molar-refractivity contribution in [2.45, 2.75) is 39.8 Å². The molecule has 2 atom stereocenters. The van der Waals surface area contributed by atoms with Crippen LogP contribution in [-0.4, -0.2) is 0 Å². The lowest BCUT2D eigenvalue weighted by Gasteiger charge is -2.34. The summed E-state index contributed by atoms with van der Waals surface area (Å²) in [5, 5.41) is 3.79. The molecule has 0 saturated carbocycles. The average Bonchev–Trinajstić information content (AvgIpc) is 2.45. The van der Waals surface area contributed by atoms with E-state index in [1.54, 1.807) is 0 Å². The molecular weight excluding hydrogens is 322 g/mol. The lowest BCUT2D eigenvalue weighted by atomic mass is 9.81. The van der Waals surface area contributed by atoms with Gasteiger partial charge >= 0.3 is 0 Å². The topological polar surface area (TPSA) is 12.0 Å². The Morgan fingerprint density at radius 3 is 1.95 bits per heavy atom. The van der Waals surface area contributed by atoms with Crippen molar-refractivity contribution in [2.75, 3.05) is 0 Å². The highest BCUT2D eigenvalue weighted by atomic mass is 79.9. The molecular formula is C19H24BrN. The summed E-state index contributed by atoms with van der Waals surface area (Å²) in [6.45, 7) is 9.08. The molecule has 1 N–H and O–H groups in total. The first-order valence-corrected chi connectivity index (χ1v) is 8.23. The van der Waals surface area contributed by atoms with Crippen molar-refractivity contribution >= 4 is 15.9 Å². The molecule has 0 aliphatic carbocycles. The van der Waals surface area contributed by atoms with Crippen molar-refractivity contribution in [3.05, 3.63) is 70.2 Å². The van der Waals surface area contributed by atoms with Crippen LogP contribution in [0.25, 0.3) is 0 Å². The molecule has 0 aliphatic heterocycles. The van der Waals surface area contributed by atoms with Gasteiger partial charge in [-0.2, -0.15) is 0 Å². The van der Waals surface area contributed by atoms with E-state index in [9.17, 15) is 0 Å². The molecule has 2 unspecified atom stereocenters. The molecule has 0 spiro atoms. The number of rotatable bonds is 4. The van der Waals surface area contributed by atoms with E-state index in [2.05, 4.69) is 104 Å². The van der Waals surface area contributed by atoms with Gasteiger partial charge in [0.05, 0.1) is 0 Å². The van der Waals surface area contributed by atoms with E-state index in [0.29, 0.717) is 12.1 Å². The van der Waals surface area contributed by atoms with Crippen molar-refractivity contribution in [1.29, 1.82) is 0 Å². The summed E-state index contributed by atoms with van der Waals surface area (Å²) in [7, 11) is 0. The van der Waals surface area contributed by atoms with Crippen LogP contribution in [-0.2, 0) is 0 Å². The lowest BCUT2D eigenvalue weighted by molar-refractivity contribution is 0.254. The standard InChI is InChI=1S/C19H24BrN/c1-14(15-10-12-17(20)13-11-15)21-18(19(2,3)4)16-8-6-5-7-9-16/h5-14,18,21H,1-4H3. The number of halogens is 1. The molecule has 21 heavy (non-hydrogen) atoms. The fraction of sp³-hybridized carbons (Fsp3) is 0.368. The van der Waals surface area contributed by atoms with Gasteiger partial charge in [-0.3, -0.25) is 0 Å². The van der Waals surface area contributed by atoms with Crippen molar-refractivity contribution in [3.8, 4) is 0 Å². The summed E-state index contributed by atoms with van der Waals surface area (Å²) in [6.07, 6.45) is 0. The Kier molecular flexibility index (Phi) is 5.23. The minimum atomic E-state index is 0.158. The van der Waals surface area contributed by atoms with E-state index in [4.69, 9.17) is 0 Å². The van der Waals surface area contributed by atoms with Crippen LogP contribution >= 0.6 is 15.9 Å². The molecule has 2 heteroatoms. The predicted molar refractivity (Wildman–Crippen MR) is 94.3 cm³/mol. The van der Waals surface area contributed by atoms with E-state index in [1.165, 1.54) is 11.1 Å². The van der Waals surface area contributed by atoms with E-state index >= 15 is 0 Å². The second-order valence-electron chi connectivity index (χ2n) is 6.65. The van der Waals surface area contributed by atoms with Crippen LogP contribution in [0.1, 0.15) is 50.9 Å². The van der Waals surface area contributed by atoms with Crippen LogP contribution in [0.4, 0.5) is 0 Å². The zero-order valence-corrected chi connectivity index (χ0v) is 14.8. The Balaban J connectivity index is 2.21. The summed E-state index contributed by atoms with van der Waals surface area (Å²) in [5.74, 6) is 0. The third-order valence-corrected chi connectivity index (χ3v) is 4.31. The predicted octanol–water partition coefficient (Wildman–Crippen LogP) is 5.89. The van der Waals surface area contributed by atoms with Gasteiger partial charge in [-0.05, 0) is 35.6 Å². The maximum Gasteiger partial charge on any atom is 0.0374 e. The van der Waals surface area contributed by atoms with Gasteiger partial charge in [0.25, 0.3) is 0 Å². The molecule has 2 rings (SSSR count). The second-order valence-corrected chi connectivity index (χ2v) is 7.57. The molecule has 0 amide bonds. The van der Waals surface area contributed by atoms with Crippen LogP contribution in [0.15, 0.2) is 59.1 Å². The number of hydrogen-bond donors (Lipinski definition) is 1. The van der Waals surface area contributed by atoms with Crippen LogP contribution in [0.5, 0.6) is 0 Å². The van der Waals surface area contributed by atoms with Gasteiger partial charge in [-0.1, -0.05) is 79.2 Å². The normalized spacial score (nSPS) is 14.7. The van der Waals surface area contributed by atoms with Gasteiger partial charge in [0.1, 0.15) is 0 Å². The fourth-order valence-corrected chi connectivity index (χ4v) is 2.85. The van der Waals surface area contributed by atoms with Gasteiger partial charge in [0.2, 0.25) is 0 Å². The molecule has 1 nitrogen and oxygen atoms in total. The van der Waals surface area contributed by atoms with Crippen LogP contribution in [0.3, 0.4) is 0 Å². The summed E-state index contributed by atoms with van der Waals surface area (Å²) in [4.78, 5) is 0. The smallest absolute Gasteiger partial charge is 0.0374 e. The molecule has 0 heterocycles. The molecule has 0 radical (unpaired) electrons. The zero-order chi connectivity index (χ0) is 15.5. The Hall–Kier alpha value is -1.12. The molecule has 0 fully saturated rings. The van der Waals surface area contributed by atoms with Gasteiger partial charge in [-0.15, -0.1) is 0 Å². The summed E-state index contributed by atoms with van der Waals surface area (Å²) in [6, 6.07) is 19.9. The zero-order valence-electron chi connectivity index (χ0n) is 13.2. The molecule has 112 valence electrons. The van der Waals surface area contributed by atoms with Gasteiger partial charge in [-0.25, -0.2) is 0 Å². The van der Waals surface area contributed by atoms with Crippen LogP contribution in [0.2, 0.25) is 0 Å². The SMILES string of the molecule is CC(NC(c1ccccc1)C(C)(C)C)c1ccc(Br)cc1. The fourth-order valence-electron chi connectivity index (χ4n) is 2.59. The van der Waals surface area contributed by atoms with Crippen molar-refractivity contribution < 1.29 is 0 Å². The Labute approximate surface area is 136 Å². The highest BCUT2D eigenvalue weighted by Crippen LogP contribution is 2.34. The lowest BCUT2D eigenvalue weighted by Crippen LogP contribution is -2.34. The summed E-state index contributed by atoms with van der Waals surface area (Å²) >= 11 is 3.49. The molecule has 2 aromatic rings. The second kappa shape index (κ2) is 6.76. The average molecular weight is 346 g/mol. The number of hydrogen-bond acceptors (Lipinski definition) is 1. The summed E-state index contributed by atoms with van der Waals surface area (Å²) in [5.41, 5.74) is 2.81. The first-order chi connectivity index (χ1) is 9.88. The molecule has 2 aromatic carbocycles. The highest BCUT2D eigenvalue weighted by molar-refractivity contribution is 9.10. The van der Waals surface area contributed by atoms with E-state index in [0.717, 1.165) is 4.47 Å². The minimum absolute atomic E-state index is 0.158. The molecule has 0 aromatic heterocycles. The highest BCUT2D eigenvalue weighted by Gasteiger charge is 2.27. The number of benzene rings is 2. The van der Waals surface area contributed by atoms with Crippen LogP contribution in [0, 0.1) is 5.41 Å². The minimum Gasteiger partial charge on any atom is -0.303 e. The largest absolute Gasteiger partial charge is 0.303 e. The molecule has 0 saturated heterocycles. The van der Waals surface area contributed by atoms with E-state index in [1.807, 2.05) is 0 Å². The quantitative estimate of drug-likeness (QED) is 0.728. The monoisotopic (exact) mass is 345 g/mol. The Morgan fingerprint density at radius 1 is 0.857 bits per heavy atom. The van der Waals surface area contributed by atoms with Crippen molar-refractivity contribution in [1.82, 2.24) is 5.32 Å². The maximum absolute atomic E-state index is 3.79. The first-order valence-electron chi connectivity index (χ1n) is 7.44. The molecule has 0 bridgehead atoms. The maximum atomic E-state index is 3.79.